The molecule has 0 atom stereocenters. The van der Waals surface area contributed by atoms with Crippen LogP contribution in [-0.4, -0.2) is 38.4 Å². The highest BCUT2D eigenvalue weighted by Gasteiger charge is 2.28. The van der Waals surface area contributed by atoms with Gasteiger partial charge < -0.3 is 4.90 Å². The maximum atomic E-state index is 12.4. The molecule has 0 spiro atoms. The van der Waals surface area contributed by atoms with Gasteiger partial charge >= 0.3 is 0 Å². The Hall–Kier alpha value is -1.40. The molecule has 0 bridgehead atoms. The predicted molar refractivity (Wildman–Crippen MR) is 92.9 cm³/mol. The Morgan fingerprint density at radius 3 is 2.29 bits per heavy atom. The fourth-order valence-corrected chi connectivity index (χ4v) is 5.05. The second kappa shape index (κ2) is 7.66. The Balaban J connectivity index is 1.49. The molecule has 1 heterocycles. The monoisotopic (exact) mass is 350 g/mol. The van der Waals surface area contributed by atoms with E-state index in [9.17, 15) is 13.2 Å². The van der Waals surface area contributed by atoms with Gasteiger partial charge in [-0.1, -0.05) is 31.0 Å². The summed E-state index contributed by atoms with van der Waals surface area (Å²) in [5.74, 6) is 0.804. The van der Waals surface area contributed by atoms with Gasteiger partial charge in [0.1, 0.15) is 0 Å². The van der Waals surface area contributed by atoms with Crippen molar-refractivity contribution in [1.82, 2.24) is 9.62 Å². The molecule has 0 unspecified atom stereocenters. The lowest BCUT2D eigenvalue weighted by molar-refractivity contribution is -0.133. The van der Waals surface area contributed by atoms with Gasteiger partial charge in [0.2, 0.25) is 15.9 Å². The average molecular weight is 350 g/mol. The van der Waals surface area contributed by atoms with Crippen LogP contribution in [0, 0.1) is 5.92 Å². The smallest absolute Gasteiger partial charge is 0.240 e. The van der Waals surface area contributed by atoms with Gasteiger partial charge in [0.25, 0.3) is 0 Å². The van der Waals surface area contributed by atoms with Crippen LogP contribution in [-0.2, 0) is 14.8 Å². The van der Waals surface area contributed by atoms with Crippen molar-refractivity contribution in [3.8, 4) is 0 Å². The summed E-state index contributed by atoms with van der Waals surface area (Å²) >= 11 is 0. The molecule has 1 N–H and O–H groups in total. The van der Waals surface area contributed by atoms with Crippen molar-refractivity contribution in [2.45, 2.75) is 55.9 Å². The van der Waals surface area contributed by atoms with Gasteiger partial charge in [-0.15, -0.1) is 0 Å². The van der Waals surface area contributed by atoms with E-state index in [0.717, 1.165) is 0 Å². The van der Waals surface area contributed by atoms with E-state index >= 15 is 0 Å². The zero-order chi connectivity index (χ0) is 17.0. The molecular formula is C18H26N2O3S. The van der Waals surface area contributed by atoms with E-state index in [-0.39, 0.29) is 11.9 Å². The van der Waals surface area contributed by atoms with Gasteiger partial charge in [0, 0.05) is 25.6 Å². The van der Waals surface area contributed by atoms with E-state index < -0.39 is 10.0 Å². The van der Waals surface area contributed by atoms with Crippen molar-refractivity contribution < 1.29 is 13.2 Å². The highest BCUT2D eigenvalue weighted by atomic mass is 32.2. The molecule has 1 aromatic carbocycles. The van der Waals surface area contributed by atoms with Crippen LogP contribution >= 0.6 is 0 Å². The fraction of sp³-hybridized carbons (Fsp3) is 0.611. The number of nitrogens with one attached hydrogen (secondary N) is 1. The van der Waals surface area contributed by atoms with Gasteiger partial charge in [-0.3, -0.25) is 4.79 Å². The van der Waals surface area contributed by atoms with Crippen molar-refractivity contribution in [2.24, 2.45) is 5.92 Å². The Labute approximate surface area is 144 Å². The van der Waals surface area contributed by atoms with E-state index in [1.54, 1.807) is 30.3 Å². The number of nitrogens with zero attached hydrogens (tertiary/aromatic N) is 1. The minimum absolute atomic E-state index is 0.0919. The first kappa shape index (κ1) is 17.4. The predicted octanol–water partition coefficient (Wildman–Crippen LogP) is 2.54. The topological polar surface area (TPSA) is 66.5 Å². The Morgan fingerprint density at radius 1 is 1.04 bits per heavy atom. The summed E-state index contributed by atoms with van der Waals surface area (Å²) in [6, 6.07) is 8.35. The van der Waals surface area contributed by atoms with Crippen LogP contribution in [0.15, 0.2) is 35.2 Å². The summed E-state index contributed by atoms with van der Waals surface area (Å²) in [5, 5.41) is 0. The average Bonchev–Trinajstić information content (AvgIpc) is 3.09. The van der Waals surface area contributed by atoms with Gasteiger partial charge in [0.05, 0.1) is 4.90 Å². The fourth-order valence-electron chi connectivity index (χ4n) is 3.72. The maximum absolute atomic E-state index is 12.4. The van der Waals surface area contributed by atoms with Crippen LogP contribution in [0.25, 0.3) is 0 Å². The van der Waals surface area contributed by atoms with Crippen molar-refractivity contribution >= 4 is 15.9 Å². The summed E-state index contributed by atoms with van der Waals surface area (Å²) in [5.41, 5.74) is 0. The zero-order valence-electron chi connectivity index (χ0n) is 14.0. The van der Waals surface area contributed by atoms with E-state index in [1.807, 2.05) is 4.90 Å². The molecule has 6 heteroatoms. The van der Waals surface area contributed by atoms with Crippen LogP contribution in [0.3, 0.4) is 0 Å². The molecule has 1 aliphatic carbocycles. The first-order valence-electron chi connectivity index (χ1n) is 8.90. The molecule has 1 saturated heterocycles. The van der Waals surface area contributed by atoms with Crippen LogP contribution in [0.4, 0.5) is 0 Å². The summed E-state index contributed by atoms with van der Waals surface area (Å²) in [4.78, 5) is 14.6. The number of rotatable bonds is 5. The molecule has 2 fully saturated rings. The number of sulfonamides is 1. The third-order valence-electron chi connectivity index (χ3n) is 5.16. The minimum atomic E-state index is -3.47. The standard InChI is InChI=1S/C18H26N2O3S/c21-18(14-15-6-4-5-7-15)20-12-10-16(11-13-20)19-24(22,23)17-8-2-1-3-9-17/h1-3,8-9,15-16,19H,4-7,10-14H2. The second-order valence-corrected chi connectivity index (χ2v) is 8.66. The number of piperidine rings is 1. The van der Waals surface area contributed by atoms with E-state index in [4.69, 9.17) is 0 Å². The molecule has 132 valence electrons. The quantitative estimate of drug-likeness (QED) is 0.887. The lowest BCUT2D eigenvalue weighted by Gasteiger charge is -2.33. The van der Waals surface area contributed by atoms with Gasteiger partial charge in [0.15, 0.2) is 0 Å². The van der Waals surface area contributed by atoms with Crippen molar-refractivity contribution in [3.63, 3.8) is 0 Å². The molecule has 1 aromatic rings. The molecule has 0 aromatic heterocycles. The number of hydrogen-bond donors (Lipinski definition) is 1. The summed E-state index contributed by atoms with van der Waals surface area (Å²) < 4.78 is 27.5. The van der Waals surface area contributed by atoms with Crippen LogP contribution in [0.1, 0.15) is 44.9 Å². The maximum Gasteiger partial charge on any atom is 0.240 e. The summed E-state index contributed by atoms with van der Waals surface area (Å²) in [6.45, 7) is 1.29. The Morgan fingerprint density at radius 2 is 1.67 bits per heavy atom. The first-order valence-corrected chi connectivity index (χ1v) is 10.4. The Kier molecular flexibility index (Phi) is 5.56. The highest BCUT2D eigenvalue weighted by Crippen LogP contribution is 2.28. The number of amides is 1. The lowest BCUT2D eigenvalue weighted by Crippen LogP contribution is -2.46. The molecule has 3 rings (SSSR count). The zero-order valence-corrected chi connectivity index (χ0v) is 14.8. The minimum Gasteiger partial charge on any atom is -0.343 e. The number of hydrogen-bond acceptors (Lipinski definition) is 3. The van der Waals surface area contributed by atoms with Crippen molar-refractivity contribution in [3.05, 3.63) is 30.3 Å². The number of carbonyl (C=O) groups excluding carboxylic acids is 1. The first-order chi connectivity index (χ1) is 11.5. The van der Waals surface area contributed by atoms with E-state index in [1.165, 1.54) is 25.7 Å². The molecule has 1 aliphatic heterocycles. The lowest BCUT2D eigenvalue weighted by atomic mass is 10.0. The normalized spacial score (nSPS) is 20.4. The van der Waals surface area contributed by atoms with Crippen LogP contribution in [0.5, 0.6) is 0 Å². The molecule has 24 heavy (non-hydrogen) atoms. The summed E-state index contributed by atoms with van der Waals surface area (Å²) in [7, 11) is -3.47. The molecular weight excluding hydrogens is 324 g/mol. The number of carbonyl (C=O) groups is 1. The van der Waals surface area contributed by atoms with E-state index in [0.29, 0.717) is 43.2 Å². The third kappa shape index (κ3) is 4.36. The highest BCUT2D eigenvalue weighted by molar-refractivity contribution is 7.89. The number of benzene rings is 1. The third-order valence-corrected chi connectivity index (χ3v) is 6.70. The molecule has 2 aliphatic rings. The van der Waals surface area contributed by atoms with Crippen molar-refractivity contribution in [2.75, 3.05) is 13.1 Å². The van der Waals surface area contributed by atoms with Crippen LogP contribution < -0.4 is 4.72 Å². The molecule has 1 saturated carbocycles. The van der Waals surface area contributed by atoms with Gasteiger partial charge in [-0.2, -0.15) is 0 Å². The SMILES string of the molecule is O=C(CC1CCCC1)N1CCC(NS(=O)(=O)c2ccccc2)CC1. The van der Waals surface area contributed by atoms with Gasteiger partial charge in [-0.25, -0.2) is 13.1 Å². The molecule has 1 amide bonds. The Bertz CT molecular complexity index is 646. The largest absolute Gasteiger partial charge is 0.343 e. The number of likely N-dealkylation sites (tertiary alicyclic amines) is 1. The second-order valence-electron chi connectivity index (χ2n) is 6.94. The molecule has 0 radical (unpaired) electrons. The van der Waals surface area contributed by atoms with Gasteiger partial charge in [-0.05, 0) is 43.7 Å². The van der Waals surface area contributed by atoms with Crippen LogP contribution in [0.2, 0.25) is 0 Å². The van der Waals surface area contributed by atoms with E-state index in [2.05, 4.69) is 4.72 Å². The van der Waals surface area contributed by atoms with Crippen molar-refractivity contribution in [1.29, 1.82) is 0 Å². The summed E-state index contributed by atoms with van der Waals surface area (Å²) in [6.07, 6.45) is 6.89. The molecule has 5 nitrogen and oxygen atoms in total.